The first-order chi connectivity index (χ1) is 8.31. The van der Waals surface area contributed by atoms with E-state index in [1.54, 1.807) is 39.0 Å². The van der Waals surface area contributed by atoms with Gasteiger partial charge in [0.05, 0.1) is 13.2 Å². The summed E-state index contributed by atoms with van der Waals surface area (Å²) >= 11 is 5.92. The number of Topliss-reactive ketones (excluding diaryl/α,β-unsaturated/α-hetero) is 1. The van der Waals surface area contributed by atoms with E-state index in [1.165, 1.54) is 7.11 Å². The third kappa shape index (κ3) is 3.02. The summed E-state index contributed by atoms with van der Waals surface area (Å²) in [5.74, 6) is -0.507. The summed E-state index contributed by atoms with van der Waals surface area (Å²) in [7, 11) is 1.50. The van der Waals surface area contributed by atoms with Crippen molar-refractivity contribution in [1.82, 2.24) is 0 Å². The van der Waals surface area contributed by atoms with Crippen molar-refractivity contribution in [3.63, 3.8) is 0 Å². The Balaban J connectivity index is 3.30. The molecule has 0 bridgehead atoms. The lowest BCUT2D eigenvalue weighted by Crippen LogP contribution is -2.26. The molecule has 0 saturated carbocycles. The van der Waals surface area contributed by atoms with Crippen LogP contribution in [0.4, 0.5) is 0 Å². The van der Waals surface area contributed by atoms with Gasteiger partial charge >= 0.3 is 0 Å². The highest BCUT2D eigenvalue weighted by Crippen LogP contribution is 2.34. The summed E-state index contributed by atoms with van der Waals surface area (Å²) in [6.45, 7) is 5.37. The third-order valence-electron chi connectivity index (χ3n) is 2.63. The van der Waals surface area contributed by atoms with Crippen LogP contribution in [0.25, 0.3) is 0 Å². The molecule has 0 amide bonds. The van der Waals surface area contributed by atoms with Gasteiger partial charge in [-0.15, -0.1) is 0 Å². The molecule has 0 aromatic heterocycles. The fraction of sp³-hybridized carbons (Fsp3) is 0.429. The number of carbonyl (C=O) groups is 1. The molecule has 96 valence electrons. The number of ketones is 1. The van der Waals surface area contributed by atoms with Gasteiger partial charge in [0, 0.05) is 16.0 Å². The van der Waals surface area contributed by atoms with Crippen molar-refractivity contribution in [3.8, 4) is 11.8 Å². The number of hydrogen-bond donors (Lipinski definition) is 0. The Bertz CT molecular complexity index is 497. The van der Waals surface area contributed by atoms with Crippen LogP contribution in [0.15, 0.2) is 18.2 Å². The number of halogens is 1. The lowest BCUT2D eigenvalue weighted by atomic mass is 9.80. The standard InChI is InChI=1S/C14H16ClNO2/c1-14(2,3)13(17)11(8-16)10-7-9(15)5-6-12(10)18-4/h5-7,11H,1-4H3. The smallest absolute Gasteiger partial charge is 0.159 e. The third-order valence-corrected chi connectivity index (χ3v) is 2.87. The van der Waals surface area contributed by atoms with E-state index < -0.39 is 11.3 Å². The fourth-order valence-electron chi connectivity index (χ4n) is 1.63. The van der Waals surface area contributed by atoms with E-state index in [0.29, 0.717) is 16.3 Å². The van der Waals surface area contributed by atoms with Gasteiger partial charge in [-0.3, -0.25) is 4.79 Å². The van der Waals surface area contributed by atoms with Crippen LogP contribution in [-0.2, 0) is 4.79 Å². The van der Waals surface area contributed by atoms with E-state index >= 15 is 0 Å². The molecule has 0 saturated heterocycles. The van der Waals surface area contributed by atoms with E-state index in [4.69, 9.17) is 16.3 Å². The van der Waals surface area contributed by atoms with Gasteiger partial charge in [-0.25, -0.2) is 0 Å². The zero-order valence-corrected chi connectivity index (χ0v) is 11.7. The molecule has 1 atom stereocenters. The van der Waals surface area contributed by atoms with Gasteiger partial charge in [0.15, 0.2) is 5.78 Å². The summed E-state index contributed by atoms with van der Waals surface area (Å²) in [5, 5.41) is 9.73. The Labute approximate surface area is 112 Å². The topological polar surface area (TPSA) is 50.1 Å². The molecule has 18 heavy (non-hydrogen) atoms. The molecule has 3 nitrogen and oxygen atoms in total. The number of ether oxygens (including phenoxy) is 1. The second-order valence-electron chi connectivity index (χ2n) is 5.06. The predicted molar refractivity (Wildman–Crippen MR) is 70.8 cm³/mol. The van der Waals surface area contributed by atoms with Gasteiger partial charge in [0.1, 0.15) is 11.7 Å². The van der Waals surface area contributed by atoms with Crippen molar-refractivity contribution >= 4 is 17.4 Å². The van der Waals surface area contributed by atoms with Gasteiger partial charge in [-0.05, 0) is 18.2 Å². The Morgan fingerprint density at radius 2 is 2.06 bits per heavy atom. The summed E-state index contributed by atoms with van der Waals surface area (Å²) in [6.07, 6.45) is 0. The van der Waals surface area contributed by atoms with Gasteiger partial charge in [-0.2, -0.15) is 5.26 Å². The number of nitriles is 1. The lowest BCUT2D eigenvalue weighted by molar-refractivity contribution is -0.126. The maximum absolute atomic E-state index is 12.3. The highest BCUT2D eigenvalue weighted by Gasteiger charge is 2.32. The molecule has 1 unspecified atom stereocenters. The second kappa shape index (κ2) is 5.41. The Hall–Kier alpha value is -1.53. The molecule has 0 aliphatic carbocycles. The largest absolute Gasteiger partial charge is 0.496 e. The molecule has 1 rings (SSSR count). The molecule has 1 aromatic rings. The van der Waals surface area contributed by atoms with Crippen molar-refractivity contribution in [2.45, 2.75) is 26.7 Å². The quantitative estimate of drug-likeness (QED) is 0.839. The zero-order valence-electron chi connectivity index (χ0n) is 11.0. The van der Waals surface area contributed by atoms with Gasteiger partial charge < -0.3 is 4.74 Å². The van der Waals surface area contributed by atoms with Crippen LogP contribution in [0.2, 0.25) is 5.02 Å². The number of nitrogens with zero attached hydrogens (tertiary/aromatic N) is 1. The first-order valence-electron chi connectivity index (χ1n) is 5.58. The number of methoxy groups -OCH3 is 1. The van der Waals surface area contributed by atoms with Gasteiger partial charge in [0.25, 0.3) is 0 Å². The van der Waals surface area contributed by atoms with Crippen LogP contribution in [0.1, 0.15) is 32.3 Å². The lowest BCUT2D eigenvalue weighted by Gasteiger charge is -2.21. The highest BCUT2D eigenvalue weighted by atomic mass is 35.5. The highest BCUT2D eigenvalue weighted by molar-refractivity contribution is 6.30. The second-order valence-corrected chi connectivity index (χ2v) is 5.50. The number of benzene rings is 1. The minimum atomic E-state index is -0.862. The summed E-state index contributed by atoms with van der Waals surface area (Å²) in [4.78, 5) is 12.3. The maximum Gasteiger partial charge on any atom is 0.159 e. The van der Waals surface area contributed by atoms with E-state index in [0.717, 1.165) is 0 Å². The van der Waals surface area contributed by atoms with Crippen LogP contribution in [0.5, 0.6) is 5.75 Å². The van der Waals surface area contributed by atoms with E-state index in [-0.39, 0.29) is 5.78 Å². The van der Waals surface area contributed by atoms with Crippen LogP contribution < -0.4 is 4.74 Å². The molecule has 1 aromatic carbocycles. The monoisotopic (exact) mass is 265 g/mol. The summed E-state index contributed by atoms with van der Waals surface area (Å²) in [6, 6.07) is 6.98. The molecule has 4 heteroatoms. The van der Waals surface area contributed by atoms with Crippen molar-refractivity contribution < 1.29 is 9.53 Å². The van der Waals surface area contributed by atoms with E-state index in [2.05, 4.69) is 0 Å². The minimum absolute atomic E-state index is 0.148. The molecule has 0 spiro atoms. The number of hydrogen-bond acceptors (Lipinski definition) is 3. The molecule has 0 aliphatic rings. The minimum Gasteiger partial charge on any atom is -0.496 e. The first kappa shape index (κ1) is 14.5. The molecule has 0 N–H and O–H groups in total. The fourth-order valence-corrected chi connectivity index (χ4v) is 1.81. The zero-order chi connectivity index (χ0) is 13.9. The Morgan fingerprint density at radius 1 is 1.44 bits per heavy atom. The van der Waals surface area contributed by atoms with Gasteiger partial charge in [-0.1, -0.05) is 32.4 Å². The summed E-state index contributed by atoms with van der Waals surface area (Å²) in [5.41, 5.74) is -0.0688. The van der Waals surface area contributed by atoms with Crippen LogP contribution >= 0.6 is 11.6 Å². The molecular formula is C14H16ClNO2. The SMILES string of the molecule is COc1ccc(Cl)cc1C(C#N)C(=O)C(C)(C)C. The molecule has 0 radical (unpaired) electrons. The maximum atomic E-state index is 12.3. The number of rotatable bonds is 3. The molecule has 0 fully saturated rings. The average molecular weight is 266 g/mol. The Morgan fingerprint density at radius 3 is 2.50 bits per heavy atom. The first-order valence-corrected chi connectivity index (χ1v) is 5.96. The molecule has 0 heterocycles. The number of carbonyl (C=O) groups excluding carboxylic acids is 1. The van der Waals surface area contributed by atoms with Crippen molar-refractivity contribution in [3.05, 3.63) is 28.8 Å². The van der Waals surface area contributed by atoms with Crippen molar-refractivity contribution in [1.29, 1.82) is 5.26 Å². The van der Waals surface area contributed by atoms with Crippen molar-refractivity contribution in [2.24, 2.45) is 5.41 Å². The predicted octanol–water partition coefficient (Wildman–Crippen LogP) is 3.57. The molecule has 0 aliphatic heterocycles. The van der Waals surface area contributed by atoms with Crippen LogP contribution in [0.3, 0.4) is 0 Å². The normalized spacial score (nSPS) is 12.7. The van der Waals surface area contributed by atoms with Crippen LogP contribution in [0, 0.1) is 16.7 Å². The van der Waals surface area contributed by atoms with Crippen molar-refractivity contribution in [2.75, 3.05) is 7.11 Å². The summed E-state index contributed by atoms with van der Waals surface area (Å²) < 4.78 is 5.18. The average Bonchev–Trinajstić information content (AvgIpc) is 2.29. The van der Waals surface area contributed by atoms with Gasteiger partial charge in [0.2, 0.25) is 0 Å². The van der Waals surface area contributed by atoms with Crippen LogP contribution in [-0.4, -0.2) is 12.9 Å². The van der Waals surface area contributed by atoms with E-state index in [9.17, 15) is 10.1 Å². The molecular weight excluding hydrogens is 250 g/mol. The van der Waals surface area contributed by atoms with E-state index in [1.807, 2.05) is 6.07 Å². The Kier molecular flexibility index (Phi) is 4.37.